The Bertz CT molecular complexity index is 354. The van der Waals surface area contributed by atoms with Gasteiger partial charge in [0.1, 0.15) is 0 Å². The highest BCUT2D eigenvalue weighted by molar-refractivity contribution is 7.87. The van der Waals surface area contributed by atoms with Crippen LogP contribution in [0.4, 0.5) is 0 Å². The number of rotatable bonds is 6. The maximum atomic E-state index is 12.1. The van der Waals surface area contributed by atoms with Crippen molar-refractivity contribution in [3.05, 3.63) is 0 Å². The average Bonchev–Trinajstić information content (AvgIpc) is 2.32. The molecule has 0 radical (unpaired) electrons. The van der Waals surface area contributed by atoms with E-state index in [9.17, 15) is 13.5 Å². The van der Waals surface area contributed by atoms with E-state index in [-0.39, 0.29) is 12.6 Å². The minimum Gasteiger partial charge on any atom is -0.395 e. The predicted octanol–water partition coefficient (Wildman–Crippen LogP) is 0.858. The quantitative estimate of drug-likeness (QED) is 0.756. The maximum absolute atomic E-state index is 12.1. The lowest BCUT2D eigenvalue weighted by Gasteiger charge is -2.33. The molecule has 0 aromatic rings. The van der Waals surface area contributed by atoms with Crippen molar-refractivity contribution in [2.45, 2.75) is 51.0 Å². The summed E-state index contributed by atoms with van der Waals surface area (Å²) in [6, 6.07) is -0.236. The highest BCUT2D eigenvalue weighted by Gasteiger charge is 2.31. The van der Waals surface area contributed by atoms with Gasteiger partial charge in [-0.05, 0) is 25.2 Å². The summed E-state index contributed by atoms with van der Waals surface area (Å²) in [6.07, 6.45) is 7.36. The van der Waals surface area contributed by atoms with Gasteiger partial charge in [-0.1, -0.05) is 25.7 Å². The Labute approximate surface area is 110 Å². The standard InChI is InChI=1S/C12H24N2O3S/c15-10-12-6-1-2-9-14(12)18(16,17)13-8-7-11-4-3-5-11/h11-13,15H,1-10H2. The van der Waals surface area contributed by atoms with Crippen LogP contribution in [-0.2, 0) is 10.2 Å². The monoisotopic (exact) mass is 276 g/mol. The van der Waals surface area contributed by atoms with Gasteiger partial charge < -0.3 is 5.11 Å². The van der Waals surface area contributed by atoms with Crippen molar-refractivity contribution >= 4 is 10.2 Å². The zero-order valence-electron chi connectivity index (χ0n) is 10.8. The Morgan fingerprint density at radius 1 is 1.17 bits per heavy atom. The van der Waals surface area contributed by atoms with Crippen LogP contribution in [0.2, 0.25) is 0 Å². The minimum absolute atomic E-state index is 0.0798. The fraction of sp³-hybridized carbons (Fsp3) is 1.00. The third-order valence-corrected chi connectivity index (χ3v) is 5.82. The van der Waals surface area contributed by atoms with Gasteiger partial charge in [-0.2, -0.15) is 12.7 Å². The Balaban J connectivity index is 1.83. The molecule has 6 heteroatoms. The van der Waals surface area contributed by atoms with Gasteiger partial charge in [0.2, 0.25) is 0 Å². The Morgan fingerprint density at radius 2 is 1.94 bits per heavy atom. The van der Waals surface area contributed by atoms with E-state index in [1.54, 1.807) is 0 Å². The smallest absolute Gasteiger partial charge is 0.279 e. The lowest BCUT2D eigenvalue weighted by molar-refractivity contribution is 0.153. The summed E-state index contributed by atoms with van der Waals surface area (Å²) in [4.78, 5) is 0. The lowest BCUT2D eigenvalue weighted by atomic mass is 9.83. The molecule has 5 nitrogen and oxygen atoms in total. The van der Waals surface area contributed by atoms with E-state index in [1.807, 2.05) is 0 Å². The third-order valence-electron chi connectivity index (χ3n) is 4.15. The first-order valence-corrected chi connectivity index (χ1v) is 8.45. The molecular weight excluding hydrogens is 252 g/mol. The molecule has 0 aromatic carbocycles. The second-order valence-electron chi connectivity index (χ2n) is 5.43. The molecule has 1 saturated carbocycles. The number of piperidine rings is 1. The van der Waals surface area contributed by atoms with Crippen molar-refractivity contribution in [2.24, 2.45) is 5.92 Å². The summed E-state index contributed by atoms with van der Waals surface area (Å²) in [5, 5.41) is 9.25. The molecule has 1 atom stereocenters. The predicted molar refractivity (Wildman–Crippen MR) is 70.3 cm³/mol. The highest BCUT2D eigenvalue weighted by atomic mass is 32.2. The molecule has 2 fully saturated rings. The average molecular weight is 276 g/mol. The van der Waals surface area contributed by atoms with Gasteiger partial charge in [-0.15, -0.1) is 0 Å². The highest BCUT2D eigenvalue weighted by Crippen LogP contribution is 2.29. The molecule has 18 heavy (non-hydrogen) atoms. The zero-order chi connectivity index (χ0) is 13.0. The van der Waals surface area contributed by atoms with Gasteiger partial charge >= 0.3 is 0 Å². The van der Waals surface area contributed by atoms with Crippen LogP contribution >= 0.6 is 0 Å². The summed E-state index contributed by atoms with van der Waals surface area (Å²) in [5.74, 6) is 0.711. The van der Waals surface area contributed by atoms with Crippen LogP contribution in [0.25, 0.3) is 0 Å². The number of hydrogen-bond acceptors (Lipinski definition) is 3. The van der Waals surface area contributed by atoms with Gasteiger partial charge in [-0.3, -0.25) is 0 Å². The van der Waals surface area contributed by atoms with Crippen molar-refractivity contribution in [3.8, 4) is 0 Å². The summed E-state index contributed by atoms with van der Waals surface area (Å²) in [6.45, 7) is 0.981. The van der Waals surface area contributed by atoms with Crippen molar-refractivity contribution in [2.75, 3.05) is 19.7 Å². The Hall–Kier alpha value is -0.170. The fourth-order valence-corrected chi connectivity index (χ4v) is 4.21. The first-order valence-electron chi connectivity index (χ1n) is 7.01. The Kier molecular flexibility index (Phi) is 5.00. The molecule has 1 unspecified atom stereocenters. The number of aliphatic hydroxyl groups excluding tert-OH is 1. The van der Waals surface area contributed by atoms with E-state index in [4.69, 9.17) is 0 Å². The zero-order valence-corrected chi connectivity index (χ0v) is 11.7. The molecule has 1 aliphatic heterocycles. The molecule has 2 aliphatic rings. The maximum Gasteiger partial charge on any atom is 0.279 e. The van der Waals surface area contributed by atoms with Gasteiger partial charge in [-0.25, -0.2) is 4.72 Å². The van der Waals surface area contributed by atoms with E-state index >= 15 is 0 Å². The minimum atomic E-state index is -3.40. The molecule has 1 saturated heterocycles. The van der Waals surface area contributed by atoms with E-state index in [0.717, 1.165) is 25.7 Å². The summed E-state index contributed by atoms with van der Waals surface area (Å²) >= 11 is 0. The normalized spacial score (nSPS) is 27.1. The van der Waals surface area contributed by atoms with Gasteiger partial charge in [0.05, 0.1) is 6.61 Å². The van der Waals surface area contributed by atoms with E-state index in [2.05, 4.69) is 4.72 Å². The summed E-state index contributed by atoms with van der Waals surface area (Å²) in [7, 11) is -3.40. The van der Waals surface area contributed by atoms with Crippen molar-refractivity contribution in [1.82, 2.24) is 9.03 Å². The molecule has 2 N–H and O–H groups in total. The SMILES string of the molecule is O=S(=O)(NCCC1CCC1)N1CCCCC1CO. The van der Waals surface area contributed by atoms with Crippen LogP contribution < -0.4 is 4.72 Å². The molecule has 2 rings (SSSR count). The number of aliphatic hydroxyl groups is 1. The van der Waals surface area contributed by atoms with Crippen molar-refractivity contribution in [1.29, 1.82) is 0 Å². The van der Waals surface area contributed by atoms with Crippen LogP contribution in [0.1, 0.15) is 44.9 Å². The van der Waals surface area contributed by atoms with Crippen molar-refractivity contribution in [3.63, 3.8) is 0 Å². The van der Waals surface area contributed by atoms with E-state index in [0.29, 0.717) is 19.0 Å². The van der Waals surface area contributed by atoms with Crippen LogP contribution in [0.3, 0.4) is 0 Å². The molecule has 0 aromatic heterocycles. The molecule has 106 valence electrons. The fourth-order valence-electron chi connectivity index (χ4n) is 2.73. The second kappa shape index (κ2) is 6.32. The summed E-state index contributed by atoms with van der Waals surface area (Å²) < 4.78 is 28.4. The van der Waals surface area contributed by atoms with Crippen LogP contribution in [0, 0.1) is 5.92 Å². The van der Waals surface area contributed by atoms with Crippen molar-refractivity contribution < 1.29 is 13.5 Å². The van der Waals surface area contributed by atoms with Gasteiger partial charge in [0.25, 0.3) is 10.2 Å². The first-order chi connectivity index (χ1) is 8.63. The molecule has 0 spiro atoms. The van der Waals surface area contributed by atoms with E-state index < -0.39 is 10.2 Å². The molecule has 0 amide bonds. The van der Waals surface area contributed by atoms with Crippen LogP contribution in [0.15, 0.2) is 0 Å². The number of nitrogens with one attached hydrogen (secondary N) is 1. The van der Waals surface area contributed by atoms with Crippen LogP contribution in [0.5, 0.6) is 0 Å². The molecular formula is C12H24N2O3S. The van der Waals surface area contributed by atoms with Gasteiger partial charge in [0, 0.05) is 19.1 Å². The largest absolute Gasteiger partial charge is 0.395 e. The Morgan fingerprint density at radius 3 is 2.56 bits per heavy atom. The topological polar surface area (TPSA) is 69.6 Å². The molecule has 1 heterocycles. The van der Waals surface area contributed by atoms with E-state index in [1.165, 1.54) is 23.6 Å². The first kappa shape index (κ1) is 14.2. The molecule has 1 aliphatic carbocycles. The summed E-state index contributed by atoms with van der Waals surface area (Å²) in [5.41, 5.74) is 0. The number of hydrogen-bond donors (Lipinski definition) is 2. The molecule has 0 bridgehead atoms. The number of nitrogens with zero attached hydrogens (tertiary/aromatic N) is 1. The lowest BCUT2D eigenvalue weighted by Crippen LogP contribution is -2.50. The van der Waals surface area contributed by atoms with Gasteiger partial charge in [0.15, 0.2) is 0 Å². The van der Waals surface area contributed by atoms with Crippen LogP contribution in [-0.4, -0.2) is 43.6 Å². The third kappa shape index (κ3) is 3.44. The second-order valence-corrected chi connectivity index (χ2v) is 7.14.